The van der Waals surface area contributed by atoms with E-state index in [1.807, 2.05) is 0 Å². The van der Waals surface area contributed by atoms with Gasteiger partial charge in [0.05, 0.1) is 6.10 Å². The molecule has 0 spiro atoms. The van der Waals surface area contributed by atoms with Crippen molar-refractivity contribution in [2.24, 2.45) is 0 Å². The summed E-state index contributed by atoms with van der Waals surface area (Å²) >= 11 is 1.15. The quantitative estimate of drug-likeness (QED) is 0.575. The third-order valence-corrected chi connectivity index (χ3v) is 2.06. The number of nitrogens with two attached hydrogens (primary N) is 1. The number of aliphatic hydroxyl groups is 1. The second-order valence-corrected chi connectivity index (χ2v) is 3.11. The number of aliphatic hydroxyl groups excluding tert-OH is 1. The van der Waals surface area contributed by atoms with Gasteiger partial charge in [0.25, 0.3) is 0 Å². The SMILES string of the molecule is Nc1nc(SCC(O)CF)n[nH]1. The van der Waals surface area contributed by atoms with E-state index < -0.39 is 12.8 Å². The average Bonchev–Trinajstić information content (AvgIpc) is 2.47. The number of nitrogen functional groups attached to an aromatic ring is 1. The number of alkyl halides is 1. The van der Waals surface area contributed by atoms with E-state index in [0.29, 0.717) is 5.16 Å². The largest absolute Gasteiger partial charge is 0.390 e. The maximum atomic E-state index is 11.8. The van der Waals surface area contributed by atoms with E-state index in [-0.39, 0.29) is 11.7 Å². The summed E-state index contributed by atoms with van der Waals surface area (Å²) in [7, 11) is 0. The van der Waals surface area contributed by atoms with Crippen molar-refractivity contribution in [2.75, 3.05) is 18.2 Å². The zero-order chi connectivity index (χ0) is 8.97. The van der Waals surface area contributed by atoms with Gasteiger partial charge in [-0.25, -0.2) is 9.49 Å². The molecule has 0 amide bonds. The van der Waals surface area contributed by atoms with E-state index in [9.17, 15) is 4.39 Å². The first-order valence-electron chi connectivity index (χ1n) is 3.27. The molecule has 1 aromatic rings. The molecule has 5 nitrogen and oxygen atoms in total. The molecule has 0 radical (unpaired) electrons. The Labute approximate surface area is 72.6 Å². The maximum Gasteiger partial charge on any atom is 0.216 e. The number of nitrogens with one attached hydrogen (secondary N) is 1. The highest BCUT2D eigenvalue weighted by Gasteiger charge is 2.06. The van der Waals surface area contributed by atoms with Crippen molar-refractivity contribution < 1.29 is 9.50 Å². The number of aromatic amines is 1. The lowest BCUT2D eigenvalue weighted by Crippen LogP contribution is -2.11. The van der Waals surface area contributed by atoms with Gasteiger partial charge in [0.15, 0.2) is 0 Å². The maximum absolute atomic E-state index is 11.8. The van der Waals surface area contributed by atoms with Crippen LogP contribution in [0.1, 0.15) is 0 Å². The Hall–Kier alpha value is -0.820. The third kappa shape index (κ3) is 2.67. The van der Waals surface area contributed by atoms with Crippen LogP contribution in [0.5, 0.6) is 0 Å². The molecular weight excluding hydrogens is 183 g/mol. The van der Waals surface area contributed by atoms with Crippen LogP contribution in [-0.2, 0) is 0 Å². The number of rotatable bonds is 4. The summed E-state index contributed by atoms with van der Waals surface area (Å²) in [5.41, 5.74) is 5.24. The van der Waals surface area contributed by atoms with Gasteiger partial charge in [-0.1, -0.05) is 11.8 Å². The molecular formula is C5H9FN4OS. The zero-order valence-electron chi connectivity index (χ0n) is 6.20. The standard InChI is InChI=1S/C5H9FN4OS/c6-1-3(11)2-12-5-8-4(7)9-10-5/h3,11H,1-2H2,(H3,7,8,9,10). The Morgan fingerprint density at radius 2 is 2.50 bits per heavy atom. The van der Waals surface area contributed by atoms with Gasteiger partial charge in [-0.3, -0.25) is 0 Å². The monoisotopic (exact) mass is 192 g/mol. The smallest absolute Gasteiger partial charge is 0.216 e. The molecule has 0 fully saturated rings. The first-order valence-corrected chi connectivity index (χ1v) is 4.25. The zero-order valence-corrected chi connectivity index (χ0v) is 7.01. The molecule has 1 unspecified atom stereocenters. The summed E-state index contributed by atoms with van der Waals surface area (Å²) in [6.45, 7) is -0.757. The van der Waals surface area contributed by atoms with Crippen molar-refractivity contribution in [1.82, 2.24) is 15.2 Å². The van der Waals surface area contributed by atoms with Crippen molar-refractivity contribution in [1.29, 1.82) is 0 Å². The summed E-state index contributed by atoms with van der Waals surface area (Å²) < 4.78 is 11.8. The predicted octanol–water partition coefficient (Wildman–Crippen LogP) is -0.191. The third-order valence-electron chi connectivity index (χ3n) is 1.07. The van der Waals surface area contributed by atoms with Crippen LogP contribution in [0.15, 0.2) is 5.16 Å². The number of hydrogen-bond acceptors (Lipinski definition) is 5. The second-order valence-electron chi connectivity index (χ2n) is 2.12. The fourth-order valence-corrected chi connectivity index (χ4v) is 1.24. The highest BCUT2D eigenvalue weighted by atomic mass is 32.2. The predicted molar refractivity (Wildman–Crippen MR) is 43.5 cm³/mol. The topological polar surface area (TPSA) is 87.8 Å². The van der Waals surface area contributed by atoms with E-state index in [2.05, 4.69) is 15.2 Å². The molecule has 7 heteroatoms. The Morgan fingerprint density at radius 1 is 1.75 bits per heavy atom. The van der Waals surface area contributed by atoms with Crippen LogP contribution in [0.25, 0.3) is 0 Å². The van der Waals surface area contributed by atoms with E-state index in [0.717, 1.165) is 11.8 Å². The van der Waals surface area contributed by atoms with Crippen molar-refractivity contribution in [3.05, 3.63) is 0 Å². The van der Waals surface area contributed by atoms with Gasteiger partial charge in [-0.05, 0) is 0 Å². The molecule has 1 aromatic heterocycles. The number of halogens is 1. The summed E-state index contributed by atoms with van der Waals surface area (Å²) in [6.07, 6.45) is -0.963. The second kappa shape index (κ2) is 4.27. The summed E-state index contributed by atoms with van der Waals surface area (Å²) in [6, 6.07) is 0. The van der Waals surface area contributed by atoms with Crippen LogP contribution in [0, 0.1) is 0 Å². The van der Waals surface area contributed by atoms with Crippen molar-refractivity contribution in [2.45, 2.75) is 11.3 Å². The van der Waals surface area contributed by atoms with Crippen molar-refractivity contribution in [3.63, 3.8) is 0 Å². The van der Waals surface area contributed by atoms with Gasteiger partial charge in [-0.2, -0.15) is 4.98 Å². The summed E-state index contributed by atoms with van der Waals surface area (Å²) in [4.78, 5) is 3.76. The molecule has 0 aliphatic carbocycles. The molecule has 1 heterocycles. The van der Waals surface area contributed by atoms with Crippen LogP contribution in [0.4, 0.5) is 10.3 Å². The molecule has 68 valence electrons. The minimum atomic E-state index is -0.963. The van der Waals surface area contributed by atoms with Gasteiger partial charge in [-0.15, -0.1) is 5.10 Å². The van der Waals surface area contributed by atoms with Crippen LogP contribution in [-0.4, -0.2) is 38.8 Å². The molecule has 0 aromatic carbocycles. The lowest BCUT2D eigenvalue weighted by molar-refractivity contribution is 0.162. The van der Waals surface area contributed by atoms with Crippen molar-refractivity contribution >= 4 is 17.7 Å². The Kier molecular flexibility index (Phi) is 3.30. The first kappa shape index (κ1) is 9.27. The molecule has 0 saturated carbocycles. The minimum Gasteiger partial charge on any atom is -0.390 e. The lowest BCUT2D eigenvalue weighted by atomic mass is 10.5. The van der Waals surface area contributed by atoms with E-state index in [4.69, 9.17) is 10.8 Å². The number of anilines is 1. The van der Waals surface area contributed by atoms with E-state index >= 15 is 0 Å². The Morgan fingerprint density at radius 3 is 3.00 bits per heavy atom. The van der Waals surface area contributed by atoms with Gasteiger partial charge < -0.3 is 10.8 Å². The van der Waals surface area contributed by atoms with Gasteiger partial charge >= 0.3 is 0 Å². The Balaban J connectivity index is 2.33. The normalized spacial score (nSPS) is 13.2. The first-order chi connectivity index (χ1) is 5.72. The van der Waals surface area contributed by atoms with Gasteiger partial charge in [0.2, 0.25) is 11.1 Å². The van der Waals surface area contributed by atoms with Crippen LogP contribution < -0.4 is 5.73 Å². The van der Waals surface area contributed by atoms with Crippen LogP contribution in [0.2, 0.25) is 0 Å². The molecule has 12 heavy (non-hydrogen) atoms. The summed E-state index contributed by atoms with van der Waals surface area (Å²) in [5.74, 6) is 0.445. The van der Waals surface area contributed by atoms with Gasteiger partial charge in [0.1, 0.15) is 6.67 Å². The number of nitrogens with zero attached hydrogens (tertiary/aromatic N) is 2. The molecule has 0 aliphatic rings. The lowest BCUT2D eigenvalue weighted by Gasteiger charge is -2.00. The number of thioether (sulfide) groups is 1. The Bertz CT molecular complexity index is 243. The summed E-state index contributed by atoms with van der Waals surface area (Å²) in [5, 5.41) is 15.4. The van der Waals surface area contributed by atoms with Crippen LogP contribution in [0.3, 0.4) is 0 Å². The fraction of sp³-hybridized carbons (Fsp3) is 0.600. The molecule has 1 atom stereocenters. The molecule has 0 aliphatic heterocycles. The van der Waals surface area contributed by atoms with E-state index in [1.165, 1.54) is 0 Å². The number of aromatic nitrogens is 3. The molecule has 0 bridgehead atoms. The highest BCUT2D eigenvalue weighted by Crippen LogP contribution is 2.13. The number of hydrogen-bond donors (Lipinski definition) is 3. The number of H-pyrrole nitrogens is 1. The van der Waals surface area contributed by atoms with Crippen molar-refractivity contribution in [3.8, 4) is 0 Å². The molecule has 1 rings (SSSR count). The average molecular weight is 192 g/mol. The highest BCUT2D eigenvalue weighted by molar-refractivity contribution is 7.99. The van der Waals surface area contributed by atoms with Crippen LogP contribution >= 0.6 is 11.8 Å². The fourth-order valence-electron chi connectivity index (χ4n) is 0.538. The van der Waals surface area contributed by atoms with E-state index in [1.54, 1.807) is 0 Å². The minimum absolute atomic E-state index is 0.215. The molecule has 4 N–H and O–H groups in total. The van der Waals surface area contributed by atoms with Gasteiger partial charge in [0, 0.05) is 5.75 Å². The molecule has 0 saturated heterocycles.